The van der Waals surface area contributed by atoms with Crippen LogP contribution in [0.5, 0.6) is 0 Å². The number of nitrogens with one attached hydrogen (secondary N) is 2. The van der Waals surface area contributed by atoms with E-state index < -0.39 is 0 Å². The van der Waals surface area contributed by atoms with Gasteiger partial charge in [0.1, 0.15) is 0 Å². The molecule has 1 aliphatic heterocycles. The highest BCUT2D eigenvalue weighted by atomic mass is 35.5. The minimum absolute atomic E-state index is 0.0420. The number of rotatable bonds is 5. The van der Waals surface area contributed by atoms with Crippen molar-refractivity contribution >= 4 is 57.6 Å². The molecule has 1 aromatic heterocycles. The van der Waals surface area contributed by atoms with Crippen LogP contribution in [0, 0.1) is 5.41 Å². The Hall–Kier alpha value is -3.29. The van der Waals surface area contributed by atoms with Gasteiger partial charge in [0.15, 0.2) is 0 Å². The SMILES string of the molecule is C=C(Nc1cccc2c1C(=O)N(c1ccc(N(C)C(=N)OC)cc1)C2)c1ccc(Cl)s1. The molecule has 2 N–H and O–H groups in total. The second-order valence-electron chi connectivity index (χ2n) is 7.02. The van der Waals surface area contributed by atoms with E-state index in [-0.39, 0.29) is 11.9 Å². The van der Waals surface area contributed by atoms with Gasteiger partial charge < -0.3 is 15.0 Å². The zero-order chi connectivity index (χ0) is 22.1. The van der Waals surface area contributed by atoms with Crippen LogP contribution < -0.4 is 15.1 Å². The highest BCUT2D eigenvalue weighted by Gasteiger charge is 2.31. The molecule has 0 unspecified atom stereocenters. The van der Waals surface area contributed by atoms with Gasteiger partial charge in [-0.2, -0.15) is 0 Å². The molecule has 0 saturated carbocycles. The largest absolute Gasteiger partial charge is 0.468 e. The van der Waals surface area contributed by atoms with E-state index in [9.17, 15) is 4.79 Å². The molecule has 0 spiro atoms. The number of nitrogens with zero attached hydrogens (tertiary/aromatic N) is 2. The molecule has 2 heterocycles. The van der Waals surface area contributed by atoms with Crippen molar-refractivity contribution in [1.29, 1.82) is 5.41 Å². The molecule has 2 aromatic carbocycles. The molecular weight excluding hydrogens is 432 g/mol. The number of carbonyl (C=O) groups excluding carboxylic acids is 1. The van der Waals surface area contributed by atoms with E-state index in [4.69, 9.17) is 21.7 Å². The van der Waals surface area contributed by atoms with Crippen LogP contribution in [0.25, 0.3) is 5.70 Å². The Labute approximate surface area is 189 Å². The minimum atomic E-state index is -0.0687. The summed E-state index contributed by atoms with van der Waals surface area (Å²) in [5.41, 5.74) is 4.61. The third-order valence-corrected chi connectivity index (χ3v) is 6.43. The van der Waals surface area contributed by atoms with Crippen LogP contribution in [0.3, 0.4) is 0 Å². The fraction of sp³-hybridized carbons (Fsp3) is 0.130. The average Bonchev–Trinajstić information content (AvgIpc) is 3.37. The van der Waals surface area contributed by atoms with E-state index in [1.807, 2.05) is 54.6 Å². The number of carbonyl (C=O) groups is 1. The van der Waals surface area contributed by atoms with Gasteiger partial charge in [0.25, 0.3) is 11.9 Å². The number of halogens is 1. The number of benzene rings is 2. The van der Waals surface area contributed by atoms with Gasteiger partial charge in [-0.3, -0.25) is 15.1 Å². The molecule has 0 bridgehead atoms. The number of hydrogen-bond donors (Lipinski definition) is 2. The molecule has 158 valence electrons. The summed E-state index contributed by atoms with van der Waals surface area (Å²) in [6.45, 7) is 4.58. The second kappa shape index (κ2) is 8.45. The fourth-order valence-electron chi connectivity index (χ4n) is 3.49. The van der Waals surface area contributed by atoms with E-state index >= 15 is 0 Å². The maximum Gasteiger partial charge on any atom is 0.288 e. The van der Waals surface area contributed by atoms with Crippen molar-refractivity contribution in [3.8, 4) is 0 Å². The van der Waals surface area contributed by atoms with Crippen LogP contribution in [-0.4, -0.2) is 26.1 Å². The van der Waals surface area contributed by atoms with Crippen molar-refractivity contribution in [2.75, 3.05) is 29.3 Å². The van der Waals surface area contributed by atoms with E-state index in [1.165, 1.54) is 18.4 Å². The number of anilines is 3. The molecule has 3 aromatic rings. The maximum atomic E-state index is 13.3. The van der Waals surface area contributed by atoms with Crippen LogP contribution >= 0.6 is 22.9 Å². The van der Waals surface area contributed by atoms with Gasteiger partial charge in [0.05, 0.1) is 34.1 Å². The zero-order valence-corrected chi connectivity index (χ0v) is 18.7. The third-order valence-electron chi connectivity index (χ3n) is 5.14. The third kappa shape index (κ3) is 4.02. The summed E-state index contributed by atoms with van der Waals surface area (Å²) in [6, 6.07) is 17.0. The molecule has 0 radical (unpaired) electrons. The van der Waals surface area contributed by atoms with Crippen molar-refractivity contribution < 1.29 is 9.53 Å². The summed E-state index contributed by atoms with van der Waals surface area (Å²) in [5, 5.41) is 11.1. The van der Waals surface area contributed by atoms with E-state index in [1.54, 1.807) is 16.8 Å². The Balaban J connectivity index is 1.56. The molecule has 0 aliphatic carbocycles. The number of hydrogen-bond acceptors (Lipinski definition) is 5. The molecule has 8 heteroatoms. The smallest absolute Gasteiger partial charge is 0.288 e. The van der Waals surface area contributed by atoms with Gasteiger partial charge in [-0.15, -0.1) is 11.3 Å². The van der Waals surface area contributed by atoms with Crippen LogP contribution in [-0.2, 0) is 11.3 Å². The average molecular weight is 453 g/mol. The fourth-order valence-corrected chi connectivity index (χ4v) is 4.45. The normalized spacial score (nSPS) is 12.5. The first-order valence-corrected chi connectivity index (χ1v) is 10.7. The number of thiophene rings is 1. The number of amides is 1. The van der Waals surface area contributed by atoms with Gasteiger partial charge >= 0.3 is 0 Å². The molecule has 31 heavy (non-hydrogen) atoms. The summed E-state index contributed by atoms with van der Waals surface area (Å²) in [5.74, 6) is -0.0687. The number of amidine groups is 1. The monoisotopic (exact) mass is 452 g/mol. The van der Waals surface area contributed by atoms with Crippen LogP contribution in [0.1, 0.15) is 20.8 Å². The Bertz CT molecular complexity index is 1170. The van der Waals surface area contributed by atoms with Gasteiger partial charge in [-0.25, -0.2) is 0 Å². The molecule has 1 amide bonds. The van der Waals surface area contributed by atoms with Crippen molar-refractivity contribution in [2.24, 2.45) is 0 Å². The quantitative estimate of drug-likeness (QED) is 0.387. The molecule has 0 fully saturated rings. The van der Waals surface area contributed by atoms with E-state index in [0.717, 1.165) is 27.5 Å². The number of methoxy groups -OCH3 is 1. The molecule has 1 aliphatic rings. The minimum Gasteiger partial charge on any atom is -0.468 e. The molecule has 0 atom stereocenters. The maximum absolute atomic E-state index is 13.3. The molecular formula is C23H21ClN4O2S. The van der Waals surface area contributed by atoms with E-state index in [2.05, 4.69) is 11.9 Å². The topological polar surface area (TPSA) is 68.7 Å². The van der Waals surface area contributed by atoms with Crippen molar-refractivity contribution in [1.82, 2.24) is 0 Å². The lowest BCUT2D eigenvalue weighted by atomic mass is 10.1. The lowest BCUT2D eigenvalue weighted by Crippen LogP contribution is -2.27. The highest BCUT2D eigenvalue weighted by molar-refractivity contribution is 7.17. The van der Waals surface area contributed by atoms with Crippen molar-refractivity contribution in [2.45, 2.75) is 6.54 Å². The van der Waals surface area contributed by atoms with Gasteiger partial charge in [-0.05, 0) is 48.0 Å². The van der Waals surface area contributed by atoms with Gasteiger partial charge in [0, 0.05) is 24.1 Å². The van der Waals surface area contributed by atoms with Crippen molar-refractivity contribution in [3.05, 3.63) is 81.5 Å². The molecule has 4 rings (SSSR count). The van der Waals surface area contributed by atoms with Crippen molar-refractivity contribution in [3.63, 3.8) is 0 Å². The predicted molar refractivity (Wildman–Crippen MR) is 129 cm³/mol. The standard InChI is InChI=1S/C23H21ClN4O2S/c1-14(19-11-12-20(24)31-19)26-18-6-4-5-15-13-28(22(29)21(15)18)17-9-7-16(8-10-17)27(2)23(25)30-3/h4-12,25-26H,1,13H2,2-3H3. The Morgan fingerprint density at radius 2 is 1.97 bits per heavy atom. The Morgan fingerprint density at radius 3 is 2.61 bits per heavy atom. The summed E-state index contributed by atoms with van der Waals surface area (Å²) in [6.07, 6.45) is 0. The highest BCUT2D eigenvalue weighted by Crippen LogP contribution is 2.35. The van der Waals surface area contributed by atoms with Crippen LogP contribution in [0.4, 0.5) is 17.1 Å². The number of fused-ring (bicyclic) bond motifs is 1. The summed E-state index contributed by atoms with van der Waals surface area (Å²) >= 11 is 7.47. The molecule has 6 nitrogen and oxygen atoms in total. The van der Waals surface area contributed by atoms with E-state index in [0.29, 0.717) is 22.1 Å². The second-order valence-corrected chi connectivity index (χ2v) is 8.74. The Kier molecular flexibility index (Phi) is 5.71. The predicted octanol–water partition coefficient (Wildman–Crippen LogP) is 5.66. The number of ether oxygens (including phenoxy) is 1. The summed E-state index contributed by atoms with van der Waals surface area (Å²) in [7, 11) is 3.21. The van der Waals surface area contributed by atoms with Gasteiger partial charge in [-0.1, -0.05) is 30.3 Å². The summed E-state index contributed by atoms with van der Waals surface area (Å²) in [4.78, 5) is 17.6. The first-order valence-electron chi connectivity index (χ1n) is 9.50. The lowest BCUT2D eigenvalue weighted by Gasteiger charge is -2.20. The summed E-state index contributed by atoms with van der Waals surface area (Å²) < 4.78 is 5.65. The Morgan fingerprint density at radius 1 is 1.23 bits per heavy atom. The zero-order valence-electron chi connectivity index (χ0n) is 17.1. The first-order chi connectivity index (χ1) is 14.9. The van der Waals surface area contributed by atoms with Gasteiger partial charge in [0.2, 0.25) is 0 Å². The molecule has 0 saturated heterocycles. The van der Waals surface area contributed by atoms with Crippen LogP contribution in [0.2, 0.25) is 4.34 Å². The lowest BCUT2D eigenvalue weighted by molar-refractivity contribution is 0.0997. The van der Waals surface area contributed by atoms with Crippen LogP contribution in [0.15, 0.2) is 61.2 Å². The first kappa shape index (κ1) is 21.0.